The number of phenols is 1. The Balaban J connectivity index is 2.58. The molecule has 25 heavy (non-hydrogen) atoms. The molecule has 7 nitrogen and oxygen atoms in total. The van der Waals surface area contributed by atoms with Crippen LogP contribution < -0.4 is 5.32 Å². The third-order valence-corrected chi connectivity index (χ3v) is 4.19. The Bertz CT molecular complexity index is 707. The van der Waals surface area contributed by atoms with Crippen LogP contribution in [-0.4, -0.2) is 56.4 Å². The van der Waals surface area contributed by atoms with Crippen molar-refractivity contribution in [1.82, 2.24) is 10.2 Å². The Morgan fingerprint density at radius 1 is 1.64 bits per heavy atom. The quantitative estimate of drug-likeness (QED) is 0.435. The zero-order valence-electron chi connectivity index (χ0n) is 14.0. The summed E-state index contributed by atoms with van der Waals surface area (Å²) in [5.74, 6) is -1.32. The summed E-state index contributed by atoms with van der Waals surface area (Å²) >= 11 is 0. The Kier molecular flexibility index (Phi) is 5.99. The molecule has 0 radical (unpaired) electrons. The molecule has 1 heterocycles. The third-order valence-electron chi connectivity index (χ3n) is 4.19. The minimum atomic E-state index is -1.25. The summed E-state index contributed by atoms with van der Waals surface area (Å²) in [6.07, 6.45) is 2.66. The molecule has 0 saturated carbocycles. The van der Waals surface area contributed by atoms with E-state index in [-0.39, 0.29) is 17.9 Å². The summed E-state index contributed by atoms with van der Waals surface area (Å²) in [5.41, 5.74) is -0.798. The molecule has 2 N–H and O–H groups in total. The number of hydrogen-bond acceptors (Lipinski definition) is 7. The monoisotopic (exact) mass is 347 g/mol. The van der Waals surface area contributed by atoms with Gasteiger partial charge in [-0.2, -0.15) is 0 Å². The number of halogens is 1. The van der Waals surface area contributed by atoms with Crippen LogP contribution in [0.1, 0.15) is 12.0 Å². The molecule has 0 aliphatic carbocycles. The Morgan fingerprint density at radius 3 is 3.04 bits per heavy atom. The van der Waals surface area contributed by atoms with Crippen LogP contribution in [0.5, 0.6) is 5.75 Å². The first-order valence-electron chi connectivity index (χ1n) is 7.67. The zero-order chi connectivity index (χ0) is 18.4. The van der Waals surface area contributed by atoms with Crippen LogP contribution in [0.15, 0.2) is 18.2 Å². The second kappa shape index (κ2) is 7.99. The fraction of sp³-hybridized carbons (Fsp3) is 0.438. The molecule has 1 fully saturated rings. The van der Waals surface area contributed by atoms with E-state index < -0.39 is 17.3 Å². The normalized spacial score (nSPS) is 23.1. The first-order chi connectivity index (χ1) is 11.9. The van der Waals surface area contributed by atoms with Crippen molar-refractivity contribution in [2.24, 2.45) is 5.92 Å². The van der Waals surface area contributed by atoms with Gasteiger partial charge in [-0.05, 0) is 0 Å². The first-order valence-corrected chi connectivity index (χ1v) is 7.67. The number of nitrogens with one attached hydrogen (secondary N) is 1. The predicted octanol–water partition coefficient (Wildman–Crippen LogP) is 0.317. The maximum atomic E-state index is 14.6. The van der Waals surface area contributed by atoms with Gasteiger partial charge in [0, 0.05) is 0 Å². The summed E-state index contributed by atoms with van der Waals surface area (Å²) in [5, 5.41) is 21.5. The summed E-state index contributed by atoms with van der Waals surface area (Å²) < 4.78 is 24.8. The molecule has 1 aliphatic heterocycles. The molecule has 2 atom stereocenters. The second-order valence-corrected chi connectivity index (χ2v) is 5.95. The van der Waals surface area contributed by atoms with Crippen molar-refractivity contribution in [3.05, 3.63) is 29.6 Å². The molecule has 2 rings (SSSR count). The fourth-order valence-corrected chi connectivity index (χ4v) is 2.87. The molecule has 1 aliphatic rings. The van der Waals surface area contributed by atoms with Gasteiger partial charge in [0.15, 0.2) is 0 Å². The molecular formula is C16H19BFN3O4. The topological polar surface area (TPSA) is 94.8 Å². The Labute approximate surface area is 145 Å². The molecule has 1 aromatic rings. The van der Waals surface area contributed by atoms with Crippen LogP contribution in [0.4, 0.5) is 4.39 Å². The van der Waals surface area contributed by atoms with Crippen LogP contribution >= 0.6 is 0 Å². The molecule has 1 saturated heterocycles. The first kappa shape index (κ1) is 18.7. The van der Waals surface area contributed by atoms with E-state index in [1.165, 1.54) is 25.5 Å². The van der Waals surface area contributed by atoms with Crippen molar-refractivity contribution < 1.29 is 23.7 Å². The van der Waals surface area contributed by atoms with Crippen LogP contribution in [0.25, 0.3) is 0 Å². The molecule has 1 aromatic carbocycles. The average Bonchev–Trinajstić information content (AvgIpc) is 2.60. The number of aromatic hydroxyl groups is 1. The molecule has 132 valence electrons. The number of phenolic OH excluding ortho intramolecular Hbond substituents is 1. The van der Waals surface area contributed by atoms with Crippen molar-refractivity contribution in [3.8, 4) is 12.0 Å². The molecule has 2 unspecified atom stereocenters. The molecule has 0 aromatic heterocycles. The molecule has 0 amide bonds. The number of ether oxygens (including phenoxy) is 1. The van der Waals surface area contributed by atoms with Crippen molar-refractivity contribution >= 4 is 19.1 Å². The van der Waals surface area contributed by atoms with Crippen molar-refractivity contribution in [1.29, 1.82) is 5.26 Å². The maximum absolute atomic E-state index is 14.6. The van der Waals surface area contributed by atoms with E-state index in [0.717, 1.165) is 12.4 Å². The Morgan fingerprint density at radius 2 is 2.40 bits per heavy atom. The van der Waals surface area contributed by atoms with Gasteiger partial charge in [0.25, 0.3) is 0 Å². The van der Waals surface area contributed by atoms with Crippen molar-refractivity contribution in [3.63, 3.8) is 0 Å². The van der Waals surface area contributed by atoms with Gasteiger partial charge in [0.2, 0.25) is 0 Å². The van der Waals surface area contributed by atoms with Gasteiger partial charge < -0.3 is 0 Å². The fourth-order valence-electron chi connectivity index (χ4n) is 2.87. The molecule has 0 spiro atoms. The summed E-state index contributed by atoms with van der Waals surface area (Å²) in [4.78, 5) is 13.3. The van der Waals surface area contributed by atoms with Gasteiger partial charge in [-0.15, -0.1) is 0 Å². The van der Waals surface area contributed by atoms with Crippen LogP contribution in [0.3, 0.4) is 0 Å². The number of carbonyl (C=O) groups excluding carboxylic acids is 1. The number of rotatable bonds is 6. The van der Waals surface area contributed by atoms with E-state index in [9.17, 15) is 14.3 Å². The van der Waals surface area contributed by atoms with Gasteiger partial charge in [0.1, 0.15) is 0 Å². The van der Waals surface area contributed by atoms with E-state index in [1.807, 2.05) is 0 Å². The SMILES string of the molecule is CN(C)C(=BOC#N)NC1(c2cc(O)ccc2F)COCCC1C=O. The van der Waals surface area contributed by atoms with Crippen LogP contribution in [0.2, 0.25) is 0 Å². The molecular weight excluding hydrogens is 328 g/mol. The summed E-state index contributed by atoms with van der Waals surface area (Å²) in [6, 6.07) is 3.63. The Hall–Kier alpha value is -2.60. The van der Waals surface area contributed by atoms with Gasteiger partial charge in [-0.3, -0.25) is 0 Å². The number of benzene rings is 1. The van der Waals surface area contributed by atoms with E-state index in [0.29, 0.717) is 18.7 Å². The van der Waals surface area contributed by atoms with E-state index in [4.69, 9.17) is 10.00 Å². The number of nitrogens with zero attached hydrogens (tertiary/aromatic N) is 2. The van der Waals surface area contributed by atoms with Crippen LogP contribution in [-0.2, 0) is 19.7 Å². The van der Waals surface area contributed by atoms with E-state index >= 15 is 0 Å². The van der Waals surface area contributed by atoms with E-state index in [2.05, 4.69) is 9.97 Å². The van der Waals surface area contributed by atoms with E-state index in [1.54, 1.807) is 19.0 Å². The van der Waals surface area contributed by atoms with Gasteiger partial charge in [-0.1, -0.05) is 0 Å². The minimum absolute atomic E-state index is 0.00845. The van der Waals surface area contributed by atoms with Crippen LogP contribution in [0, 0.1) is 23.3 Å². The summed E-state index contributed by atoms with van der Waals surface area (Å²) in [7, 11) is 4.57. The third kappa shape index (κ3) is 3.91. The number of hydrogen-bond donors (Lipinski definition) is 2. The zero-order valence-corrected chi connectivity index (χ0v) is 14.0. The predicted molar refractivity (Wildman–Crippen MR) is 89.0 cm³/mol. The standard InChI is InChI=1S/C16H19BFN3O4/c1-21(2)15(17-25-10-19)20-16(9-24-6-5-11(16)8-22)13-7-12(23)3-4-14(13)18/h3-4,7-8,11,20,23H,5-6,9H2,1-2H3. The number of nitriles is 1. The average molecular weight is 347 g/mol. The van der Waals surface area contributed by atoms with Gasteiger partial charge >= 0.3 is 145 Å². The van der Waals surface area contributed by atoms with Gasteiger partial charge in [-0.25, -0.2) is 0 Å². The molecule has 0 bridgehead atoms. The molecule has 9 heteroatoms. The summed E-state index contributed by atoms with van der Waals surface area (Å²) in [6.45, 7) is 0.373. The number of carbonyl (C=O) groups is 1. The van der Waals surface area contributed by atoms with Crippen molar-refractivity contribution in [2.45, 2.75) is 12.0 Å². The van der Waals surface area contributed by atoms with Gasteiger partial charge in [0.05, 0.1) is 0 Å². The second-order valence-electron chi connectivity index (χ2n) is 5.95. The van der Waals surface area contributed by atoms with Crippen molar-refractivity contribution in [2.75, 3.05) is 27.3 Å². The number of aldehydes is 1.